The molecule has 141 heavy (non-hydrogen) atoms. The fourth-order valence-electron chi connectivity index (χ4n) is 16.4. The van der Waals surface area contributed by atoms with Gasteiger partial charge >= 0.3 is 7.12 Å². The predicted octanol–water partition coefficient (Wildman–Crippen LogP) is 24.7. The van der Waals surface area contributed by atoms with E-state index >= 15 is 0 Å². The van der Waals surface area contributed by atoms with Crippen molar-refractivity contribution in [3.63, 3.8) is 0 Å². The summed E-state index contributed by atoms with van der Waals surface area (Å²) < 4.78 is 51.9. The van der Waals surface area contributed by atoms with Crippen molar-refractivity contribution in [3.8, 4) is 0 Å². The number of H-pyrrole nitrogens is 2. The minimum atomic E-state index is -1.51. The number of hydrogen-bond donors (Lipinski definition) is 5. The van der Waals surface area contributed by atoms with Crippen LogP contribution in [0.5, 0.6) is 0 Å². The fraction of sp³-hybridized carbons (Fsp3) is 0.107. The maximum absolute atomic E-state index is 13.0. The fourth-order valence-corrected chi connectivity index (χ4v) is 26.2. The molecule has 0 saturated heterocycles. The van der Waals surface area contributed by atoms with Crippen LogP contribution in [0.25, 0.3) is 16.7 Å². The average molecular weight is 2110 g/mol. The van der Waals surface area contributed by atoms with Gasteiger partial charge < -0.3 is 29.9 Å². The Morgan fingerprint density at radius 2 is 0.574 bits per heavy atom. The molecule has 0 radical (unpaired) electrons. The zero-order valence-electron chi connectivity index (χ0n) is 77.8. The van der Waals surface area contributed by atoms with Gasteiger partial charge in [0.2, 0.25) is 0 Å². The van der Waals surface area contributed by atoms with E-state index in [2.05, 4.69) is 402 Å². The molecule has 0 bridgehead atoms. The smallest absolute Gasteiger partial charge is 0.423 e. The molecule has 16 aromatic carbocycles. The summed E-state index contributed by atoms with van der Waals surface area (Å²) in [5.74, 6) is 0.0130. The Bertz CT molecular complexity index is 5870. The van der Waals surface area contributed by atoms with Crippen molar-refractivity contribution >= 4 is 165 Å². The Kier molecular flexibility index (Phi) is 44.9. The van der Waals surface area contributed by atoms with Crippen LogP contribution in [0.2, 0.25) is 0 Å². The summed E-state index contributed by atoms with van der Waals surface area (Å²) in [5.41, 5.74) is 7.96. The quantitative estimate of drug-likeness (QED) is 0.0170. The first-order valence-corrected chi connectivity index (χ1v) is 53.3. The van der Waals surface area contributed by atoms with Crippen molar-refractivity contribution in [3.05, 3.63) is 546 Å². The SMILES string of the molecule is Fc1ccc(C2=CCCC2Cc2c[nH]c(=S)[nH]2)cc1.O=C1CCC=C1Br.O=CCC1CCC=C1c1ccc(F)cc1.OB(O)c1ccc(F)cc1.OC1CCC=C1c1ccc(F)cc1.[Pd].c1ccc(P(c2ccccc2)c2ccccc2)cc1.c1ccc(P(c2ccccc2)c2ccccc2)cc1.c1ccc(P(c2ccccc2)c2ccccc2)cc1.c1ccc(P(c2ccccc2)c2ccccc2)cc1. The first-order chi connectivity index (χ1) is 68.6. The van der Waals surface area contributed by atoms with Crippen LogP contribution in [-0.4, -0.2) is 50.4 Å². The molecule has 712 valence electrons. The van der Waals surface area contributed by atoms with Gasteiger partial charge in [0.1, 0.15) is 29.6 Å². The van der Waals surface area contributed by atoms with Gasteiger partial charge in [0.15, 0.2) is 10.6 Å². The molecule has 0 aliphatic heterocycles. The normalized spacial score (nSPS) is 14.0. The molecule has 19 heteroatoms. The van der Waals surface area contributed by atoms with Gasteiger partial charge in [-0.3, -0.25) is 4.79 Å². The summed E-state index contributed by atoms with van der Waals surface area (Å²) in [5, 5.41) is 43.4. The van der Waals surface area contributed by atoms with E-state index in [1.807, 2.05) is 30.5 Å². The third-order valence-electron chi connectivity index (χ3n) is 23.1. The van der Waals surface area contributed by atoms with Crippen molar-refractivity contribution < 1.29 is 62.7 Å². The molecule has 3 atom stereocenters. The summed E-state index contributed by atoms with van der Waals surface area (Å²) in [6.45, 7) is 0. The van der Waals surface area contributed by atoms with Crippen LogP contribution in [0.15, 0.2) is 496 Å². The van der Waals surface area contributed by atoms with E-state index in [1.165, 1.54) is 135 Å². The monoisotopic (exact) mass is 2110 g/mol. The Morgan fingerprint density at radius 1 is 0.333 bits per heavy atom. The van der Waals surface area contributed by atoms with Crippen molar-refractivity contribution in [2.45, 2.75) is 70.3 Å². The molecule has 0 fully saturated rings. The predicted molar refractivity (Wildman–Crippen MR) is 592 cm³/mol. The summed E-state index contributed by atoms with van der Waals surface area (Å²) >= 11 is 8.16. The van der Waals surface area contributed by atoms with E-state index in [9.17, 15) is 32.3 Å². The molecule has 4 aliphatic carbocycles. The van der Waals surface area contributed by atoms with Crippen molar-refractivity contribution in [2.24, 2.45) is 11.8 Å². The third-order valence-corrected chi connectivity index (χ3v) is 33.9. The van der Waals surface area contributed by atoms with Crippen LogP contribution < -0.4 is 69.1 Å². The third kappa shape index (κ3) is 34.0. The number of aliphatic hydroxyl groups excluding tert-OH is 1. The van der Waals surface area contributed by atoms with Crippen molar-refractivity contribution in [1.29, 1.82) is 0 Å². The van der Waals surface area contributed by atoms with Crippen LogP contribution in [0.1, 0.15) is 80.2 Å². The van der Waals surface area contributed by atoms with Crippen molar-refractivity contribution in [2.75, 3.05) is 0 Å². The number of Topliss-reactive ketones (excluding diaryl/α,β-unsaturated/α-hetero) is 1. The molecule has 5 N–H and O–H groups in total. The molecule has 4 aliphatic rings. The number of hydrogen-bond acceptors (Lipinski definition) is 6. The van der Waals surface area contributed by atoms with Gasteiger partial charge in [-0.25, -0.2) is 17.6 Å². The number of allylic oxidation sites excluding steroid dienone is 7. The Morgan fingerprint density at radius 3 is 0.787 bits per heavy atom. The second kappa shape index (κ2) is 58.9. The van der Waals surface area contributed by atoms with Crippen LogP contribution in [0, 0.1) is 39.9 Å². The van der Waals surface area contributed by atoms with E-state index in [1.54, 1.807) is 24.3 Å². The van der Waals surface area contributed by atoms with Gasteiger partial charge in [-0.1, -0.05) is 437 Å². The number of aliphatic hydroxyl groups is 1. The number of aldehydes is 1. The molecule has 1 heterocycles. The summed E-state index contributed by atoms with van der Waals surface area (Å²) in [7, 11) is -3.30. The van der Waals surface area contributed by atoms with Gasteiger partial charge in [0.05, 0.1) is 10.6 Å². The van der Waals surface area contributed by atoms with Crippen molar-refractivity contribution in [1.82, 2.24) is 9.97 Å². The van der Waals surface area contributed by atoms with E-state index < -0.39 is 38.8 Å². The first kappa shape index (κ1) is 108. The minimum absolute atomic E-state index is 0. The number of imidazole rings is 1. The van der Waals surface area contributed by atoms with E-state index in [-0.39, 0.29) is 55.6 Å². The van der Waals surface area contributed by atoms with Crippen LogP contribution in [0.3, 0.4) is 0 Å². The number of rotatable bonds is 20. The molecule has 0 spiro atoms. The number of aromatic nitrogens is 2. The first-order valence-electron chi connectivity index (χ1n) is 46.7. The molecule has 21 rings (SSSR count). The zero-order valence-corrected chi connectivity index (χ0v) is 85.3. The Balaban J connectivity index is 0.000000143. The number of halogens is 5. The van der Waals surface area contributed by atoms with E-state index in [0.717, 1.165) is 90.1 Å². The van der Waals surface area contributed by atoms with Gasteiger partial charge in [0, 0.05) is 45.2 Å². The van der Waals surface area contributed by atoms with E-state index in [0.29, 0.717) is 34.9 Å². The number of carbonyl (C=O) groups is 2. The van der Waals surface area contributed by atoms with Gasteiger partial charge in [0.25, 0.3) is 0 Å². The van der Waals surface area contributed by atoms with Crippen LogP contribution in [0.4, 0.5) is 17.6 Å². The maximum Gasteiger partial charge on any atom is 0.488 e. The Labute approximate surface area is 859 Å². The van der Waals surface area contributed by atoms with Crippen LogP contribution in [-0.2, 0) is 36.4 Å². The number of benzene rings is 16. The number of carbonyl (C=O) groups excluding carboxylic acids is 2. The van der Waals surface area contributed by atoms with E-state index in [4.69, 9.17) is 22.3 Å². The summed E-state index contributed by atoms with van der Waals surface area (Å²) in [6.07, 6.45) is 20.0. The van der Waals surface area contributed by atoms with Gasteiger partial charge in [-0.2, -0.15) is 0 Å². The van der Waals surface area contributed by atoms with Gasteiger partial charge in [-0.15, -0.1) is 0 Å². The molecule has 7 nitrogen and oxygen atoms in total. The Hall–Kier alpha value is -12.2. The molecule has 3 unspecified atom stereocenters. The van der Waals surface area contributed by atoms with Gasteiger partial charge in [-0.05, 0) is 274 Å². The number of nitrogens with one attached hydrogen (secondary N) is 2. The molecular weight excluding hydrogens is 2000 g/mol. The molecule has 1 aromatic heterocycles. The second-order valence-corrected chi connectivity index (χ2v) is 43.0. The maximum atomic E-state index is 13.0. The molecular formula is C122H110BBrF4N2O5P4PdS. The minimum Gasteiger partial charge on any atom is -0.423 e. The largest absolute Gasteiger partial charge is 0.488 e. The standard InChI is InChI=1S/4C18H15P.C15H15FN2S.C13H13FO.C11H11FO.C6H6BFO2.C5H5BrO.Pd/c4*1-4-10-16(11-5-1)19(17-12-6-2-7-13-17)18-14-8-3-9-15-18;16-12-6-4-10(5-7-12)14-3-1-2-11(14)8-13-9-17-15(19)18-13;14-12-6-4-11(5-7-12)13-3-1-2-10(13)8-9-15;12-9-6-4-8(5-7-9)10-2-1-3-11(10)13;8-6-3-1-5(2-4-6)7(9)10;6-4-2-1-3-5(4)7;/h4*1-15H;3-7,9,11H,1-2,8H2,(H2,17,18,19);3-7,9-10H,1-2,8H2;2,4-7,11,13H,1,3H2;1-4,9-10H;2H,1,3H2;. The molecule has 0 saturated carbocycles. The molecule has 0 amide bonds. The second-order valence-electron chi connectivity index (χ2n) is 32.8. The molecule has 17 aromatic rings. The number of aromatic amines is 2. The topological polar surface area (TPSA) is 126 Å². The zero-order chi connectivity index (χ0) is 97.7. The average Bonchev–Trinajstić information content (AvgIpc) is 1.49. The van der Waals surface area contributed by atoms with Crippen LogP contribution >= 0.6 is 59.8 Å². The summed E-state index contributed by atoms with van der Waals surface area (Å²) in [6, 6.07) is 154. The summed E-state index contributed by atoms with van der Waals surface area (Å²) in [4.78, 5) is 27.1. The number of ketones is 1.